The van der Waals surface area contributed by atoms with Crippen LogP contribution in [0.4, 0.5) is 11.5 Å². The molecule has 0 unspecified atom stereocenters. The molecule has 22 heavy (non-hydrogen) atoms. The second-order valence-electron chi connectivity index (χ2n) is 5.06. The first-order chi connectivity index (χ1) is 10.6. The molecule has 2 aromatic rings. The van der Waals surface area contributed by atoms with Crippen molar-refractivity contribution in [3.05, 3.63) is 52.7 Å². The largest absolute Gasteiger partial charge is 0.320 e. The van der Waals surface area contributed by atoms with Gasteiger partial charge in [-0.3, -0.25) is 19.8 Å². The number of pyridine rings is 1. The van der Waals surface area contributed by atoms with Crippen molar-refractivity contribution in [3.8, 4) is 11.1 Å². The molecule has 3 rings (SSSR count). The molecular weight excluding hydrogens is 284 g/mol. The summed E-state index contributed by atoms with van der Waals surface area (Å²) in [5.74, 6) is 0.367. The highest BCUT2D eigenvalue weighted by Gasteiger charge is 2.30. The summed E-state index contributed by atoms with van der Waals surface area (Å²) in [5.41, 5.74) is 6.84. The van der Waals surface area contributed by atoms with Crippen LogP contribution in [0.2, 0.25) is 0 Å². The number of benzene rings is 1. The van der Waals surface area contributed by atoms with E-state index < -0.39 is 11.0 Å². The molecule has 1 aromatic carbocycles. The maximum absolute atomic E-state index is 11.9. The molecule has 7 nitrogen and oxygen atoms in total. The van der Waals surface area contributed by atoms with Gasteiger partial charge in [0.15, 0.2) is 0 Å². The highest BCUT2D eigenvalue weighted by Crippen LogP contribution is 2.30. The number of amides is 1. The van der Waals surface area contributed by atoms with Gasteiger partial charge in [-0.1, -0.05) is 12.1 Å². The first-order valence-corrected chi connectivity index (χ1v) is 6.85. The molecule has 1 amide bonds. The second-order valence-corrected chi connectivity index (χ2v) is 5.06. The summed E-state index contributed by atoms with van der Waals surface area (Å²) in [4.78, 5) is 28.3. The SMILES string of the molecule is N[C@H]1CCN(c2ccc(-c3ccccc3[N+](=O)[O-])cn2)C1=O. The Bertz CT molecular complexity index is 730. The monoisotopic (exact) mass is 298 g/mol. The van der Waals surface area contributed by atoms with Crippen molar-refractivity contribution in [2.24, 2.45) is 5.73 Å². The van der Waals surface area contributed by atoms with Crippen LogP contribution in [0.3, 0.4) is 0 Å². The third-order valence-electron chi connectivity index (χ3n) is 3.68. The minimum atomic E-state index is -0.475. The number of para-hydroxylation sites is 1. The third kappa shape index (κ3) is 2.42. The number of nitro groups is 1. The van der Waals surface area contributed by atoms with Crippen molar-refractivity contribution in [3.63, 3.8) is 0 Å². The molecule has 0 bridgehead atoms. The summed E-state index contributed by atoms with van der Waals surface area (Å²) >= 11 is 0. The van der Waals surface area contributed by atoms with E-state index >= 15 is 0 Å². The molecule has 0 saturated carbocycles. The van der Waals surface area contributed by atoms with E-state index in [2.05, 4.69) is 4.98 Å². The average molecular weight is 298 g/mol. The van der Waals surface area contributed by atoms with E-state index in [1.54, 1.807) is 30.3 Å². The number of hydrogen-bond acceptors (Lipinski definition) is 5. The van der Waals surface area contributed by atoms with Crippen molar-refractivity contribution in [2.75, 3.05) is 11.4 Å². The number of carbonyl (C=O) groups excluding carboxylic acids is 1. The summed E-state index contributed by atoms with van der Waals surface area (Å²) in [6, 6.07) is 9.41. The van der Waals surface area contributed by atoms with Crippen LogP contribution in [0.25, 0.3) is 11.1 Å². The van der Waals surface area contributed by atoms with Gasteiger partial charge in [0.2, 0.25) is 5.91 Å². The average Bonchev–Trinajstić information content (AvgIpc) is 2.87. The van der Waals surface area contributed by atoms with Crippen LogP contribution >= 0.6 is 0 Å². The van der Waals surface area contributed by atoms with Gasteiger partial charge in [-0.2, -0.15) is 0 Å². The highest BCUT2D eigenvalue weighted by atomic mass is 16.6. The predicted molar refractivity (Wildman–Crippen MR) is 81.3 cm³/mol. The van der Waals surface area contributed by atoms with Gasteiger partial charge >= 0.3 is 0 Å². The zero-order valence-corrected chi connectivity index (χ0v) is 11.7. The molecule has 112 valence electrons. The Morgan fingerprint density at radius 1 is 1.27 bits per heavy atom. The number of rotatable bonds is 3. The van der Waals surface area contributed by atoms with E-state index in [9.17, 15) is 14.9 Å². The number of carbonyl (C=O) groups is 1. The Hall–Kier alpha value is -2.80. The zero-order valence-electron chi connectivity index (χ0n) is 11.7. The van der Waals surface area contributed by atoms with E-state index in [0.29, 0.717) is 29.9 Å². The summed E-state index contributed by atoms with van der Waals surface area (Å²) < 4.78 is 0. The van der Waals surface area contributed by atoms with Gasteiger partial charge in [0.05, 0.1) is 16.5 Å². The van der Waals surface area contributed by atoms with Crippen LogP contribution in [0.1, 0.15) is 6.42 Å². The van der Waals surface area contributed by atoms with Crippen LogP contribution < -0.4 is 10.6 Å². The molecule has 2 heterocycles. The Morgan fingerprint density at radius 3 is 2.64 bits per heavy atom. The lowest BCUT2D eigenvalue weighted by Gasteiger charge is -2.15. The lowest BCUT2D eigenvalue weighted by Crippen LogP contribution is -2.34. The third-order valence-corrected chi connectivity index (χ3v) is 3.68. The van der Waals surface area contributed by atoms with Crippen LogP contribution in [-0.2, 0) is 4.79 Å². The van der Waals surface area contributed by atoms with Crippen molar-refractivity contribution in [1.82, 2.24) is 4.98 Å². The topological polar surface area (TPSA) is 102 Å². The first-order valence-electron chi connectivity index (χ1n) is 6.85. The maximum atomic E-state index is 11.9. The molecule has 0 spiro atoms. The Kier molecular flexibility index (Phi) is 3.56. The molecule has 1 aliphatic rings. The standard InChI is InChI=1S/C15H14N4O3/c16-12-7-8-18(15(12)20)14-6-5-10(9-17-14)11-3-1-2-4-13(11)19(21)22/h1-6,9,12H,7-8,16H2/t12-/m0/s1. The summed E-state index contributed by atoms with van der Waals surface area (Å²) in [5, 5.41) is 11.1. The predicted octanol–water partition coefficient (Wildman–Crippen LogP) is 1.72. The van der Waals surface area contributed by atoms with Gasteiger partial charge in [0.25, 0.3) is 5.69 Å². The molecule has 0 radical (unpaired) electrons. The lowest BCUT2D eigenvalue weighted by molar-refractivity contribution is -0.384. The number of hydrogen-bond donors (Lipinski definition) is 1. The molecule has 0 aliphatic carbocycles. The maximum Gasteiger partial charge on any atom is 0.277 e. The van der Waals surface area contributed by atoms with Gasteiger partial charge in [-0.15, -0.1) is 0 Å². The van der Waals surface area contributed by atoms with E-state index in [1.165, 1.54) is 17.2 Å². The number of nitrogens with zero attached hydrogens (tertiary/aromatic N) is 3. The van der Waals surface area contributed by atoms with Crippen LogP contribution in [0.15, 0.2) is 42.6 Å². The summed E-state index contributed by atoms with van der Waals surface area (Å²) in [7, 11) is 0. The number of aromatic nitrogens is 1. The van der Waals surface area contributed by atoms with Gasteiger partial charge in [-0.05, 0) is 24.6 Å². The van der Waals surface area contributed by atoms with Crippen LogP contribution in [0, 0.1) is 10.1 Å². The van der Waals surface area contributed by atoms with Gasteiger partial charge in [0, 0.05) is 24.4 Å². The summed E-state index contributed by atoms with van der Waals surface area (Å²) in [6.45, 7) is 0.540. The number of nitrogens with two attached hydrogens (primary N) is 1. The Labute approximate surface area is 126 Å². The molecular formula is C15H14N4O3. The van der Waals surface area contributed by atoms with Crippen molar-refractivity contribution >= 4 is 17.4 Å². The van der Waals surface area contributed by atoms with Crippen LogP contribution in [0.5, 0.6) is 0 Å². The fourth-order valence-corrected chi connectivity index (χ4v) is 2.51. The molecule has 1 fully saturated rings. The Morgan fingerprint density at radius 2 is 2.05 bits per heavy atom. The molecule has 1 atom stereocenters. The number of nitro benzene ring substituents is 1. The van der Waals surface area contributed by atoms with E-state index in [4.69, 9.17) is 5.73 Å². The normalized spacial score (nSPS) is 17.8. The molecule has 1 aliphatic heterocycles. The fourth-order valence-electron chi connectivity index (χ4n) is 2.51. The smallest absolute Gasteiger partial charge is 0.277 e. The van der Waals surface area contributed by atoms with E-state index in [0.717, 1.165) is 0 Å². The highest BCUT2D eigenvalue weighted by molar-refractivity contribution is 5.98. The molecule has 2 N–H and O–H groups in total. The van der Waals surface area contributed by atoms with Crippen molar-refractivity contribution in [1.29, 1.82) is 0 Å². The van der Waals surface area contributed by atoms with Gasteiger partial charge in [-0.25, -0.2) is 4.98 Å². The van der Waals surface area contributed by atoms with Crippen molar-refractivity contribution < 1.29 is 9.72 Å². The molecule has 1 aromatic heterocycles. The van der Waals surface area contributed by atoms with Crippen LogP contribution in [-0.4, -0.2) is 28.4 Å². The molecule has 7 heteroatoms. The zero-order chi connectivity index (χ0) is 15.7. The minimum Gasteiger partial charge on any atom is -0.320 e. The molecule has 1 saturated heterocycles. The minimum absolute atomic E-state index is 0.0244. The van der Waals surface area contributed by atoms with Gasteiger partial charge < -0.3 is 5.73 Å². The van der Waals surface area contributed by atoms with E-state index in [-0.39, 0.29) is 11.6 Å². The Balaban J connectivity index is 1.93. The lowest BCUT2D eigenvalue weighted by atomic mass is 10.1. The number of anilines is 1. The van der Waals surface area contributed by atoms with Gasteiger partial charge in [0.1, 0.15) is 5.82 Å². The quantitative estimate of drug-likeness (QED) is 0.686. The first kappa shape index (κ1) is 14.2. The van der Waals surface area contributed by atoms with Crippen molar-refractivity contribution in [2.45, 2.75) is 12.5 Å². The second kappa shape index (κ2) is 5.53. The fraction of sp³-hybridized carbons (Fsp3) is 0.200. The summed E-state index contributed by atoms with van der Waals surface area (Å²) in [6.07, 6.45) is 2.14. The van der Waals surface area contributed by atoms with E-state index in [1.807, 2.05) is 0 Å².